The number of aliphatic hydroxyl groups excluding tert-OH is 2. The third kappa shape index (κ3) is 6.06. The number of benzene rings is 1. The second-order valence-corrected chi connectivity index (χ2v) is 8.54. The Morgan fingerprint density at radius 3 is 2.79 bits per heavy atom. The Labute approximate surface area is 218 Å². The first-order valence-electron chi connectivity index (χ1n) is 11.5. The number of carbonyl (C=O) groups is 1. The van der Waals surface area contributed by atoms with E-state index < -0.39 is 48.0 Å². The maximum Gasteiger partial charge on any atom is 0.471 e. The lowest BCUT2D eigenvalue weighted by Gasteiger charge is -2.16. The van der Waals surface area contributed by atoms with Crippen molar-refractivity contribution in [3.05, 3.63) is 52.1 Å². The first-order valence-corrected chi connectivity index (χ1v) is 11.5. The van der Waals surface area contributed by atoms with Crippen LogP contribution in [0.1, 0.15) is 36.7 Å². The third-order valence-corrected chi connectivity index (χ3v) is 5.93. The van der Waals surface area contributed by atoms with Gasteiger partial charge in [-0.15, -0.1) is 0 Å². The summed E-state index contributed by atoms with van der Waals surface area (Å²) < 4.78 is 44.0. The number of hydrogen-bond acceptors (Lipinski definition) is 10. The molecule has 0 aliphatic carbocycles. The zero-order valence-electron chi connectivity index (χ0n) is 20.2. The van der Waals surface area contributed by atoms with Crippen LogP contribution in [0.15, 0.2) is 30.9 Å². The van der Waals surface area contributed by atoms with Crippen molar-refractivity contribution in [3.63, 3.8) is 0 Å². The van der Waals surface area contributed by atoms with Crippen molar-refractivity contribution in [2.45, 2.75) is 44.0 Å². The number of fused-ring (bicyclic) bond motifs is 1. The van der Waals surface area contributed by atoms with E-state index in [2.05, 4.69) is 32.1 Å². The van der Waals surface area contributed by atoms with Gasteiger partial charge in [-0.25, -0.2) is 15.0 Å². The minimum absolute atomic E-state index is 0.169. The van der Waals surface area contributed by atoms with Gasteiger partial charge < -0.3 is 25.6 Å². The Morgan fingerprint density at radius 2 is 2.13 bits per heavy atom. The predicted molar refractivity (Wildman–Crippen MR) is 128 cm³/mol. The third-order valence-electron chi connectivity index (χ3n) is 5.93. The average molecular weight is 549 g/mol. The van der Waals surface area contributed by atoms with Crippen LogP contribution < -0.4 is 10.6 Å². The fourth-order valence-electron chi connectivity index (χ4n) is 4.02. The molecule has 0 radical (unpaired) electrons. The normalized spacial score (nSPS) is 19.8. The average Bonchev–Trinajstić information content (AvgIpc) is 3.49. The molecule has 4 rings (SSSR count). The molecule has 1 aliphatic heterocycles. The standard InChI is InChI=1S/C23H22F3N7O6/c1-12(14-5-4-13(7-15(14)33(37)38)3-2-6-27-22(36)23(24,25)26)31-20-19-21(29-10-28-20)32(11-30-19)18-8-16(35)17(9-34)39-18/h4-5,7,10-12,16-18,34-35H,6,8-9H2,1H3,(H,27,36)(H,28,29,31)/t12?,16-,17-,18-/m1/s1. The molecule has 16 heteroatoms. The van der Waals surface area contributed by atoms with Crippen molar-refractivity contribution in [2.75, 3.05) is 18.5 Å². The van der Waals surface area contributed by atoms with Crippen molar-refractivity contribution in [1.82, 2.24) is 24.8 Å². The molecule has 2 aromatic heterocycles. The lowest BCUT2D eigenvalue weighted by atomic mass is 10.0. The molecule has 4 atom stereocenters. The number of alkyl halides is 3. The minimum atomic E-state index is -5.03. The smallest absolute Gasteiger partial charge is 0.394 e. The molecular weight excluding hydrogens is 527 g/mol. The van der Waals surface area contributed by atoms with Crippen LogP contribution in [0.2, 0.25) is 0 Å². The lowest BCUT2D eigenvalue weighted by Crippen LogP contribution is -2.36. The van der Waals surface area contributed by atoms with E-state index in [-0.39, 0.29) is 35.7 Å². The fourth-order valence-corrected chi connectivity index (χ4v) is 4.02. The molecule has 1 aromatic carbocycles. The van der Waals surface area contributed by atoms with E-state index in [0.717, 1.165) is 0 Å². The summed E-state index contributed by atoms with van der Waals surface area (Å²) in [6, 6.07) is 3.44. The summed E-state index contributed by atoms with van der Waals surface area (Å²) in [5.74, 6) is 2.96. The zero-order chi connectivity index (χ0) is 28.3. The number of nitro groups is 1. The maximum atomic E-state index is 12.2. The molecule has 39 heavy (non-hydrogen) atoms. The van der Waals surface area contributed by atoms with Gasteiger partial charge in [-0.1, -0.05) is 11.8 Å². The van der Waals surface area contributed by atoms with Gasteiger partial charge >= 0.3 is 12.1 Å². The fraction of sp³-hybridized carbons (Fsp3) is 0.391. The van der Waals surface area contributed by atoms with Crippen molar-refractivity contribution in [1.29, 1.82) is 0 Å². The number of amides is 1. The topological polar surface area (TPSA) is 178 Å². The largest absolute Gasteiger partial charge is 0.471 e. The van der Waals surface area contributed by atoms with Gasteiger partial charge in [0.05, 0.1) is 42.1 Å². The lowest BCUT2D eigenvalue weighted by molar-refractivity contribution is -0.385. The summed E-state index contributed by atoms with van der Waals surface area (Å²) in [6.45, 7) is 0.725. The summed E-state index contributed by atoms with van der Waals surface area (Å²) in [6.07, 6.45) is -4.29. The van der Waals surface area contributed by atoms with Crippen LogP contribution in [0, 0.1) is 22.0 Å². The summed E-state index contributed by atoms with van der Waals surface area (Å²) in [7, 11) is 0. The first kappa shape index (κ1) is 27.7. The highest BCUT2D eigenvalue weighted by Gasteiger charge is 2.38. The number of imidazole rings is 1. The van der Waals surface area contributed by atoms with Crippen molar-refractivity contribution >= 4 is 28.6 Å². The van der Waals surface area contributed by atoms with Gasteiger partial charge in [0.15, 0.2) is 17.0 Å². The molecule has 1 amide bonds. The van der Waals surface area contributed by atoms with E-state index in [1.807, 2.05) is 0 Å². The van der Waals surface area contributed by atoms with Crippen LogP contribution in [0.3, 0.4) is 0 Å². The van der Waals surface area contributed by atoms with E-state index in [9.17, 15) is 38.3 Å². The molecule has 1 unspecified atom stereocenters. The predicted octanol–water partition coefficient (Wildman–Crippen LogP) is 1.58. The number of aromatic nitrogens is 4. The highest BCUT2D eigenvalue weighted by atomic mass is 19.4. The Bertz CT molecular complexity index is 1450. The number of halogens is 3. The molecular formula is C23H22F3N7O6. The van der Waals surface area contributed by atoms with Gasteiger partial charge in [0.25, 0.3) is 5.69 Å². The molecule has 3 heterocycles. The van der Waals surface area contributed by atoms with Crippen molar-refractivity contribution in [2.24, 2.45) is 0 Å². The monoisotopic (exact) mass is 549 g/mol. The number of ether oxygens (including phenoxy) is 1. The zero-order valence-corrected chi connectivity index (χ0v) is 20.2. The number of rotatable bonds is 7. The number of carbonyl (C=O) groups excluding carboxylic acids is 1. The summed E-state index contributed by atoms with van der Waals surface area (Å²) in [5, 5.41) is 35.8. The van der Waals surface area contributed by atoms with Gasteiger partial charge in [0.1, 0.15) is 18.7 Å². The van der Waals surface area contributed by atoms with Crippen molar-refractivity contribution < 1.29 is 37.8 Å². The number of hydrogen-bond donors (Lipinski definition) is 4. The van der Waals surface area contributed by atoms with Crippen LogP contribution in [0.4, 0.5) is 24.7 Å². The van der Waals surface area contributed by atoms with E-state index in [0.29, 0.717) is 11.2 Å². The number of nitro benzene ring substituents is 1. The highest BCUT2D eigenvalue weighted by molar-refractivity contribution is 5.83. The highest BCUT2D eigenvalue weighted by Crippen LogP contribution is 2.33. The van der Waals surface area contributed by atoms with Crippen LogP contribution in [-0.2, 0) is 9.53 Å². The molecule has 1 fully saturated rings. The molecule has 1 aliphatic rings. The van der Waals surface area contributed by atoms with Crippen LogP contribution in [0.25, 0.3) is 11.2 Å². The summed E-state index contributed by atoms with van der Waals surface area (Å²) in [5.41, 5.74) is 0.881. The van der Waals surface area contributed by atoms with Gasteiger partial charge in [-0.2, -0.15) is 13.2 Å². The van der Waals surface area contributed by atoms with Crippen LogP contribution >= 0.6 is 0 Å². The van der Waals surface area contributed by atoms with Crippen molar-refractivity contribution in [3.8, 4) is 11.8 Å². The molecule has 3 aromatic rings. The molecule has 0 saturated carbocycles. The molecule has 0 bridgehead atoms. The Morgan fingerprint density at radius 1 is 1.36 bits per heavy atom. The molecule has 4 N–H and O–H groups in total. The number of aliphatic hydroxyl groups is 2. The van der Waals surface area contributed by atoms with Gasteiger partial charge in [0.2, 0.25) is 0 Å². The second kappa shape index (κ2) is 11.2. The second-order valence-electron chi connectivity index (χ2n) is 8.54. The first-order chi connectivity index (χ1) is 18.5. The van der Waals surface area contributed by atoms with Gasteiger partial charge in [0, 0.05) is 18.1 Å². The van der Waals surface area contributed by atoms with Crippen LogP contribution in [0.5, 0.6) is 0 Å². The van der Waals surface area contributed by atoms with Gasteiger partial charge in [-0.3, -0.25) is 19.5 Å². The molecule has 0 spiro atoms. The van der Waals surface area contributed by atoms with Crippen LogP contribution in [-0.4, -0.2) is 72.1 Å². The Hall–Kier alpha value is -4.33. The van der Waals surface area contributed by atoms with E-state index in [4.69, 9.17) is 4.74 Å². The molecule has 1 saturated heterocycles. The number of nitrogens with zero attached hydrogens (tertiary/aromatic N) is 5. The Balaban J connectivity index is 1.52. The summed E-state index contributed by atoms with van der Waals surface area (Å²) >= 11 is 0. The molecule has 13 nitrogen and oxygen atoms in total. The van der Waals surface area contributed by atoms with Gasteiger partial charge in [-0.05, 0) is 19.1 Å². The minimum Gasteiger partial charge on any atom is -0.394 e. The maximum absolute atomic E-state index is 12.2. The number of anilines is 1. The van der Waals surface area contributed by atoms with E-state index >= 15 is 0 Å². The summed E-state index contributed by atoms with van der Waals surface area (Å²) in [4.78, 5) is 34.7. The van der Waals surface area contributed by atoms with E-state index in [1.165, 1.54) is 30.9 Å². The quantitative estimate of drug-likeness (QED) is 0.192. The SMILES string of the molecule is CC(Nc1ncnc2c1ncn2[C@H]1C[C@@H](O)[C@@H](CO)O1)c1ccc(C#CCNC(=O)C(F)(F)F)cc1[N+](=O)[O-]. The molecule has 206 valence electrons. The number of nitrogens with one attached hydrogen (secondary N) is 2. The van der Waals surface area contributed by atoms with E-state index in [1.54, 1.807) is 16.8 Å². The Kier molecular flexibility index (Phi) is 7.95.